The topological polar surface area (TPSA) is 60.2 Å². The lowest BCUT2D eigenvalue weighted by molar-refractivity contribution is 0.0841. The fraction of sp³-hybridized carbons (Fsp3) is 1.00. The normalized spacial score (nSPS) is 20.1. The summed E-state index contributed by atoms with van der Waals surface area (Å²) in [5.41, 5.74) is 2.45. The largest absolute Gasteiger partial charge is 0.379 e. The molecule has 0 atom stereocenters. The van der Waals surface area contributed by atoms with Crippen molar-refractivity contribution in [2.45, 2.75) is 0 Å². The van der Waals surface area contributed by atoms with Gasteiger partial charge in [0.05, 0.1) is 0 Å². The molecule has 0 aromatic carbocycles. The summed E-state index contributed by atoms with van der Waals surface area (Å²) in [7, 11) is 0. The molecule has 1 heterocycles. The van der Waals surface area contributed by atoms with Crippen LogP contribution in [-0.2, 0) is 0 Å². The Bertz CT molecular complexity index is 73.8. The second kappa shape index (κ2) is 1.85. The molecule has 0 saturated carbocycles. The Morgan fingerprint density at radius 2 is 2.71 bits per heavy atom. The van der Waals surface area contributed by atoms with Crippen molar-refractivity contribution in [3.8, 4) is 0 Å². The molecule has 5 heteroatoms. The van der Waals surface area contributed by atoms with Gasteiger partial charge in [0, 0.05) is 0 Å². The van der Waals surface area contributed by atoms with Crippen LogP contribution in [0.3, 0.4) is 0 Å². The summed E-state index contributed by atoms with van der Waals surface area (Å²) in [5, 5.41) is 16.7. The van der Waals surface area contributed by atoms with Crippen molar-refractivity contribution >= 4 is 0 Å². The number of aliphatic hydroxyl groups excluding tert-OH is 1. The molecule has 5 nitrogen and oxygen atoms in total. The molecule has 7 heavy (non-hydrogen) atoms. The first-order valence-electron chi connectivity index (χ1n) is 1.91. The third-order valence-corrected chi connectivity index (χ3v) is 0.662. The molecular weight excluding hydrogens is 96.0 g/mol. The Kier molecular flexibility index (Phi) is 1.19. The zero-order valence-corrected chi connectivity index (χ0v) is 3.70. The van der Waals surface area contributed by atoms with Crippen LogP contribution in [0.25, 0.3) is 0 Å². The highest BCUT2D eigenvalue weighted by atomic mass is 16.3. The molecule has 0 amide bonds. The highest BCUT2D eigenvalue weighted by Crippen LogP contribution is 1.87. The van der Waals surface area contributed by atoms with E-state index in [-0.39, 0.29) is 6.73 Å². The molecule has 0 spiro atoms. The van der Waals surface area contributed by atoms with Gasteiger partial charge in [0.2, 0.25) is 0 Å². The molecule has 0 unspecified atom stereocenters. The van der Waals surface area contributed by atoms with Crippen molar-refractivity contribution in [2.24, 2.45) is 10.3 Å². The lowest BCUT2D eigenvalue weighted by atomic mass is 11.0. The Balaban J connectivity index is 2.22. The van der Waals surface area contributed by atoms with E-state index in [2.05, 4.69) is 15.9 Å². The van der Waals surface area contributed by atoms with E-state index in [9.17, 15) is 0 Å². The summed E-state index contributed by atoms with van der Waals surface area (Å²) in [4.78, 5) is 0. The number of hydrogen-bond acceptors (Lipinski definition) is 5. The maximum Gasteiger partial charge on any atom is 0.135 e. The zero-order valence-electron chi connectivity index (χ0n) is 3.70. The van der Waals surface area contributed by atoms with E-state index in [1.54, 1.807) is 0 Å². The summed E-state index contributed by atoms with van der Waals surface area (Å²) in [5.74, 6) is 0. The van der Waals surface area contributed by atoms with Crippen molar-refractivity contribution < 1.29 is 5.11 Å². The number of hydrazine groups is 1. The maximum absolute atomic E-state index is 8.31. The fourth-order valence-corrected chi connectivity index (χ4v) is 0.311. The van der Waals surface area contributed by atoms with Crippen molar-refractivity contribution in [1.82, 2.24) is 10.5 Å². The Hall–Kier alpha value is -0.680. The molecule has 1 rings (SSSR count). The second-order valence-corrected chi connectivity index (χ2v) is 1.16. The number of nitrogens with one attached hydrogen (secondary N) is 1. The van der Waals surface area contributed by atoms with Gasteiger partial charge in [-0.1, -0.05) is 5.22 Å². The number of hydrogen-bond donors (Lipinski definition) is 2. The van der Waals surface area contributed by atoms with E-state index in [4.69, 9.17) is 5.11 Å². The lowest BCUT2D eigenvalue weighted by Gasteiger charge is -2.04. The number of rotatable bonds is 1. The molecule has 0 saturated heterocycles. The third kappa shape index (κ3) is 0.847. The number of nitrogens with zero attached hydrogens (tertiary/aromatic N) is 3. The van der Waals surface area contributed by atoms with E-state index in [1.807, 2.05) is 0 Å². The molecule has 0 aromatic rings. The maximum atomic E-state index is 8.31. The lowest BCUT2D eigenvalue weighted by Crippen LogP contribution is -2.30. The van der Waals surface area contributed by atoms with Crippen LogP contribution in [0.15, 0.2) is 10.3 Å². The van der Waals surface area contributed by atoms with Gasteiger partial charge in [-0.25, -0.2) is 5.53 Å². The van der Waals surface area contributed by atoms with Crippen LogP contribution in [0.5, 0.6) is 0 Å². The van der Waals surface area contributed by atoms with Gasteiger partial charge in [-0.05, 0) is 0 Å². The van der Waals surface area contributed by atoms with E-state index in [0.29, 0.717) is 6.67 Å². The predicted octanol–water partition coefficient (Wildman–Crippen LogP) is -0.919. The van der Waals surface area contributed by atoms with Crippen LogP contribution in [0.1, 0.15) is 0 Å². The fourth-order valence-electron chi connectivity index (χ4n) is 0.311. The number of aliphatic hydroxyl groups is 1. The first-order chi connectivity index (χ1) is 3.43. The third-order valence-electron chi connectivity index (χ3n) is 0.662. The molecule has 0 fully saturated rings. The summed E-state index contributed by atoms with van der Waals surface area (Å²) in [6.45, 7) is 0.392. The van der Waals surface area contributed by atoms with Gasteiger partial charge < -0.3 is 5.11 Å². The van der Waals surface area contributed by atoms with E-state index < -0.39 is 0 Å². The monoisotopic (exact) mass is 102 g/mol. The minimum atomic E-state index is -0.0486. The molecule has 0 aliphatic carbocycles. The molecule has 40 valence electrons. The van der Waals surface area contributed by atoms with Crippen LogP contribution < -0.4 is 5.53 Å². The average molecular weight is 102 g/mol. The minimum absolute atomic E-state index is 0.0486. The van der Waals surface area contributed by atoms with Crippen LogP contribution in [0.4, 0.5) is 0 Å². The van der Waals surface area contributed by atoms with Gasteiger partial charge in [0.15, 0.2) is 0 Å². The van der Waals surface area contributed by atoms with Crippen molar-refractivity contribution in [1.29, 1.82) is 0 Å². The smallest absolute Gasteiger partial charge is 0.135 e. The molecule has 2 N–H and O–H groups in total. The standard InChI is InChI=1S/C2H6N4O/c7-2-6-1-3-4-5-6/h7H,1-2H2,(H,3,5). The Morgan fingerprint density at radius 1 is 1.86 bits per heavy atom. The van der Waals surface area contributed by atoms with E-state index in [0.717, 1.165) is 0 Å². The van der Waals surface area contributed by atoms with E-state index in [1.165, 1.54) is 5.01 Å². The molecule has 1 aliphatic rings. The Morgan fingerprint density at radius 3 is 3.00 bits per heavy atom. The summed E-state index contributed by atoms with van der Waals surface area (Å²) in [6, 6.07) is 0. The van der Waals surface area contributed by atoms with Gasteiger partial charge in [-0.3, -0.25) is 0 Å². The molecule has 0 radical (unpaired) electrons. The molecular formula is C2H6N4O. The van der Waals surface area contributed by atoms with Gasteiger partial charge in [0.25, 0.3) is 0 Å². The van der Waals surface area contributed by atoms with Gasteiger partial charge in [0.1, 0.15) is 13.4 Å². The quantitative estimate of drug-likeness (QED) is 0.450. The predicted molar refractivity (Wildman–Crippen MR) is 21.8 cm³/mol. The van der Waals surface area contributed by atoms with Gasteiger partial charge in [-0.2, -0.15) is 10.1 Å². The summed E-state index contributed by atoms with van der Waals surface area (Å²) >= 11 is 0. The first-order valence-corrected chi connectivity index (χ1v) is 1.91. The zero-order chi connectivity index (χ0) is 5.11. The van der Waals surface area contributed by atoms with Crippen LogP contribution in [0, 0.1) is 0 Å². The van der Waals surface area contributed by atoms with Crippen molar-refractivity contribution in [3.05, 3.63) is 0 Å². The van der Waals surface area contributed by atoms with Crippen LogP contribution >= 0.6 is 0 Å². The van der Waals surface area contributed by atoms with Gasteiger partial charge in [-0.15, -0.1) is 0 Å². The van der Waals surface area contributed by atoms with Crippen LogP contribution in [0.2, 0.25) is 0 Å². The average Bonchev–Trinajstić information content (AvgIpc) is 2.14. The summed E-state index contributed by atoms with van der Waals surface area (Å²) in [6.07, 6.45) is 0. The molecule has 0 bridgehead atoms. The first kappa shape index (κ1) is 4.48. The van der Waals surface area contributed by atoms with Crippen molar-refractivity contribution in [2.75, 3.05) is 13.4 Å². The highest BCUT2D eigenvalue weighted by molar-refractivity contribution is 4.40. The molecule has 1 aliphatic heterocycles. The van der Waals surface area contributed by atoms with Crippen molar-refractivity contribution in [3.63, 3.8) is 0 Å². The molecule has 0 aromatic heterocycles. The SMILES string of the molecule is OCN1CN=NN1. The highest BCUT2D eigenvalue weighted by Gasteiger charge is 2.02. The minimum Gasteiger partial charge on any atom is -0.379 e. The van der Waals surface area contributed by atoms with E-state index >= 15 is 0 Å². The Labute approximate surface area is 40.6 Å². The second-order valence-electron chi connectivity index (χ2n) is 1.16. The van der Waals surface area contributed by atoms with Gasteiger partial charge >= 0.3 is 0 Å². The summed E-state index contributed by atoms with van der Waals surface area (Å²) < 4.78 is 0. The van der Waals surface area contributed by atoms with Crippen LogP contribution in [-0.4, -0.2) is 23.5 Å².